The maximum Gasteiger partial charge on any atom is 0.248 e. The monoisotopic (exact) mass is 208 g/mol. The van der Waals surface area contributed by atoms with Gasteiger partial charge in [0.15, 0.2) is 5.58 Å². The summed E-state index contributed by atoms with van der Waals surface area (Å²) in [5, 5.41) is 0.832. The number of carbonyl (C=O) groups is 1. The molecule has 4 nitrogen and oxygen atoms in total. The van der Waals surface area contributed by atoms with Gasteiger partial charge in [-0.1, -0.05) is 0 Å². The number of amides is 1. The molecule has 0 bridgehead atoms. The van der Waals surface area contributed by atoms with Gasteiger partial charge in [-0.05, 0) is 24.3 Å². The summed E-state index contributed by atoms with van der Waals surface area (Å²) < 4.78 is 8.11. The fourth-order valence-electron chi connectivity index (χ4n) is 1.13. The first kappa shape index (κ1) is 8.83. The van der Waals surface area contributed by atoms with Gasteiger partial charge < -0.3 is 9.58 Å². The second-order valence-corrected chi connectivity index (χ2v) is 3.30. The average molecular weight is 208 g/mol. The van der Waals surface area contributed by atoms with Crippen LogP contribution in [0.15, 0.2) is 34.3 Å². The zero-order valence-electron chi connectivity index (χ0n) is 7.19. The molecule has 2 rings (SSSR count). The van der Waals surface area contributed by atoms with Crippen molar-refractivity contribution in [3.05, 3.63) is 36.0 Å². The number of hydrogen-bond donors (Lipinski definition) is 2. The molecule has 1 aromatic heterocycles. The van der Waals surface area contributed by atoms with Crippen LogP contribution >= 0.6 is 11.8 Å². The molecule has 0 saturated heterocycles. The Labute approximate surface area is 84.0 Å². The van der Waals surface area contributed by atoms with Crippen molar-refractivity contribution in [1.82, 2.24) is 4.37 Å². The normalized spacial score (nSPS) is 10.0. The molecule has 0 unspecified atom stereocenters. The summed E-state index contributed by atoms with van der Waals surface area (Å²) in [6, 6.07) is 6.88. The number of aromatic nitrogens is 1. The molecule has 3 N–H and O–H groups in total. The highest BCUT2D eigenvalue weighted by atomic mass is 32.1. The van der Waals surface area contributed by atoms with Crippen molar-refractivity contribution >= 4 is 28.7 Å². The van der Waals surface area contributed by atoms with Crippen LogP contribution in [0.5, 0.6) is 0 Å². The van der Waals surface area contributed by atoms with Gasteiger partial charge in [-0.3, -0.25) is 9.17 Å². The molecular weight excluding hydrogens is 200 g/mol. The first-order chi connectivity index (χ1) is 6.77. The van der Waals surface area contributed by atoms with E-state index >= 15 is 0 Å². The summed E-state index contributed by atoms with van der Waals surface area (Å²) >= 11 is 1.12. The first-order valence-corrected chi connectivity index (χ1v) is 4.71. The van der Waals surface area contributed by atoms with Crippen LogP contribution in [-0.2, 0) is 0 Å². The third-order valence-corrected chi connectivity index (χ3v) is 2.30. The van der Waals surface area contributed by atoms with Crippen molar-refractivity contribution in [2.75, 3.05) is 0 Å². The number of nitrogens with two attached hydrogens (primary N) is 1. The molecule has 0 radical (unpaired) electrons. The maximum atomic E-state index is 10.9. The Balaban J connectivity index is 2.73. The van der Waals surface area contributed by atoms with Crippen molar-refractivity contribution in [2.24, 2.45) is 5.73 Å². The molecule has 0 spiro atoms. The predicted octanol–water partition coefficient (Wildman–Crippen LogP) is 2.05. The van der Waals surface area contributed by atoms with Gasteiger partial charge in [0, 0.05) is 17.1 Å². The number of hydrogen-bond acceptors (Lipinski definition) is 3. The lowest BCUT2D eigenvalue weighted by Gasteiger charge is -1.94. The highest BCUT2D eigenvalue weighted by Gasteiger charge is 2.01. The Bertz CT molecular complexity index is 508. The van der Waals surface area contributed by atoms with Gasteiger partial charge >= 0.3 is 0 Å². The smallest absolute Gasteiger partial charge is 0.248 e. The van der Waals surface area contributed by atoms with Crippen LogP contribution in [0.3, 0.4) is 0 Å². The summed E-state index contributed by atoms with van der Waals surface area (Å²) in [6.07, 6.45) is 1.74. The lowest BCUT2D eigenvalue weighted by molar-refractivity contribution is 0.100. The van der Waals surface area contributed by atoms with Crippen molar-refractivity contribution in [3.63, 3.8) is 0 Å². The van der Waals surface area contributed by atoms with Gasteiger partial charge in [0.2, 0.25) is 5.91 Å². The molecule has 0 aliphatic rings. The molecule has 1 heterocycles. The number of fused-ring (bicyclic) bond motifs is 1. The van der Waals surface area contributed by atoms with Gasteiger partial charge in [-0.15, -0.1) is 0 Å². The molecule has 0 aliphatic carbocycles. The number of benzene rings is 1. The Hall–Kier alpha value is -1.75. The fourth-order valence-corrected chi connectivity index (χ4v) is 1.54. The topological polar surface area (TPSA) is 72.0 Å². The van der Waals surface area contributed by atoms with Gasteiger partial charge in [-0.2, -0.15) is 0 Å². The van der Waals surface area contributed by atoms with E-state index in [9.17, 15) is 4.79 Å². The SMILES string of the molecule is NC(=O)c1ccc2os[nH]ccc2c1. The molecule has 0 aliphatic heterocycles. The van der Waals surface area contributed by atoms with E-state index in [0.29, 0.717) is 11.1 Å². The van der Waals surface area contributed by atoms with E-state index in [4.69, 9.17) is 9.58 Å². The minimum absolute atomic E-state index is 0.439. The predicted molar refractivity (Wildman–Crippen MR) is 54.6 cm³/mol. The van der Waals surface area contributed by atoms with Crippen LogP contribution in [0, 0.1) is 0 Å². The van der Waals surface area contributed by atoms with Crippen LogP contribution in [0.1, 0.15) is 10.4 Å². The standard InChI is InChI=1S/C9H8N2O2S/c10-9(12)7-1-2-8-6(5-7)3-4-11-14-13-8/h1-5,11H,(H2,10,12). The lowest BCUT2D eigenvalue weighted by atomic mass is 10.1. The van der Waals surface area contributed by atoms with Gasteiger partial charge in [0.1, 0.15) is 11.8 Å². The van der Waals surface area contributed by atoms with Gasteiger partial charge in [0.05, 0.1) is 0 Å². The number of rotatable bonds is 1. The summed E-state index contributed by atoms with van der Waals surface area (Å²) in [6.45, 7) is 0. The van der Waals surface area contributed by atoms with Crippen molar-refractivity contribution in [3.8, 4) is 0 Å². The van der Waals surface area contributed by atoms with Crippen LogP contribution in [0.25, 0.3) is 11.0 Å². The van der Waals surface area contributed by atoms with E-state index in [0.717, 1.165) is 17.2 Å². The van der Waals surface area contributed by atoms with Gasteiger partial charge in [0.25, 0.3) is 0 Å². The molecule has 1 amide bonds. The van der Waals surface area contributed by atoms with Crippen LogP contribution < -0.4 is 5.73 Å². The largest absolute Gasteiger partial charge is 0.386 e. The van der Waals surface area contributed by atoms with E-state index < -0.39 is 5.91 Å². The van der Waals surface area contributed by atoms with Crippen LogP contribution in [-0.4, -0.2) is 10.3 Å². The molecule has 0 saturated carbocycles. The first-order valence-electron chi connectivity index (χ1n) is 3.97. The molecule has 14 heavy (non-hydrogen) atoms. The summed E-state index contributed by atoms with van der Waals surface area (Å²) in [5.74, 6) is -0.439. The molecule has 0 atom stereocenters. The van der Waals surface area contributed by atoms with E-state index in [-0.39, 0.29) is 0 Å². The Morgan fingerprint density at radius 3 is 3.07 bits per heavy atom. The second kappa shape index (κ2) is 3.55. The third kappa shape index (κ3) is 1.62. The number of nitrogens with one attached hydrogen (secondary N) is 1. The summed E-state index contributed by atoms with van der Waals surface area (Å²) in [5.41, 5.74) is 6.35. The summed E-state index contributed by atoms with van der Waals surface area (Å²) in [7, 11) is 0. The Morgan fingerprint density at radius 2 is 2.29 bits per heavy atom. The number of aromatic amines is 1. The Kier molecular flexibility index (Phi) is 2.24. The van der Waals surface area contributed by atoms with Gasteiger partial charge in [-0.25, -0.2) is 0 Å². The summed E-state index contributed by atoms with van der Waals surface area (Å²) in [4.78, 5) is 10.9. The minimum atomic E-state index is -0.439. The zero-order valence-corrected chi connectivity index (χ0v) is 8.01. The number of carbonyl (C=O) groups excluding carboxylic acids is 1. The van der Waals surface area contributed by atoms with Crippen LogP contribution in [0.4, 0.5) is 0 Å². The quantitative estimate of drug-likeness (QED) is 0.752. The number of H-pyrrole nitrogens is 1. The fraction of sp³-hybridized carbons (Fsp3) is 0. The van der Waals surface area contributed by atoms with Crippen molar-refractivity contribution in [2.45, 2.75) is 0 Å². The molecule has 0 fully saturated rings. The second-order valence-electron chi connectivity index (χ2n) is 2.73. The van der Waals surface area contributed by atoms with E-state index in [1.54, 1.807) is 24.4 Å². The molecule has 1 aromatic carbocycles. The average Bonchev–Trinajstić information content (AvgIpc) is 2.41. The Morgan fingerprint density at radius 1 is 1.43 bits per heavy atom. The highest BCUT2D eigenvalue weighted by molar-refractivity contribution is 6.96. The molecular formula is C9H8N2O2S. The highest BCUT2D eigenvalue weighted by Crippen LogP contribution is 2.14. The number of primary amides is 1. The molecule has 72 valence electrons. The minimum Gasteiger partial charge on any atom is -0.386 e. The van der Waals surface area contributed by atoms with E-state index in [1.165, 1.54) is 0 Å². The van der Waals surface area contributed by atoms with Crippen molar-refractivity contribution < 1.29 is 8.64 Å². The maximum absolute atomic E-state index is 10.9. The molecule has 2 aromatic rings. The van der Waals surface area contributed by atoms with Crippen molar-refractivity contribution in [1.29, 1.82) is 0 Å². The van der Waals surface area contributed by atoms with E-state index in [1.807, 2.05) is 6.07 Å². The lowest BCUT2D eigenvalue weighted by Crippen LogP contribution is -2.10. The third-order valence-electron chi connectivity index (χ3n) is 1.80. The molecule has 5 heteroatoms. The zero-order chi connectivity index (χ0) is 9.97. The van der Waals surface area contributed by atoms with E-state index in [2.05, 4.69) is 4.37 Å². The van der Waals surface area contributed by atoms with Crippen LogP contribution in [0.2, 0.25) is 0 Å².